The van der Waals surface area contributed by atoms with Crippen molar-refractivity contribution >= 4 is 64.3 Å². The van der Waals surface area contributed by atoms with E-state index in [0.717, 1.165) is 0 Å². The van der Waals surface area contributed by atoms with Gasteiger partial charge in [-0.2, -0.15) is 34.8 Å². The molecule has 0 aliphatic carbocycles. The van der Waals surface area contributed by atoms with Crippen molar-refractivity contribution in [2.45, 2.75) is 0 Å². The van der Waals surface area contributed by atoms with Gasteiger partial charge in [-0.15, -0.1) is 0 Å². The fraction of sp³-hybridized carbons (Fsp3) is 0. The first-order chi connectivity index (χ1) is 9.36. The largest absolute Gasteiger partial charge is 0.351 e. The number of aromatic nitrogens is 6. The Hall–Kier alpha value is -1.55. The minimum atomic E-state index is -1.01. The molecule has 0 spiro atoms. The lowest BCUT2D eigenvalue weighted by Crippen LogP contribution is -2.34. The van der Waals surface area contributed by atoms with Crippen molar-refractivity contribution in [2.75, 3.05) is 4.90 Å². The zero-order valence-corrected chi connectivity index (χ0v) is 12.2. The standard InChI is InChI=1S/C7H2Cl4N8O/c8-1-13-2(9)16-6(15-1)19(5(12)20)7-17-3(10)14-4(11)18-7/h(H2,12,20). The van der Waals surface area contributed by atoms with Gasteiger partial charge in [-0.05, 0) is 46.4 Å². The molecule has 104 valence electrons. The minimum absolute atomic E-state index is 0.252. The summed E-state index contributed by atoms with van der Waals surface area (Å²) in [6, 6.07) is -1.01. The molecule has 0 aromatic carbocycles. The molecule has 9 nitrogen and oxygen atoms in total. The van der Waals surface area contributed by atoms with E-state index < -0.39 is 6.03 Å². The number of amides is 2. The Morgan fingerprint density at radius 2 is 1.05 bits per heavy atom. The maximum absolute atomic E-state index is 11.5. The molecule has 13 heteroatoms. The Bertz CT molecular complexity index is 590. The van der Waals surface area contributed by atoms with Gasteiger partial charge in [0.1, 0.15) is 0 Å². The van der Waals surface area contributed by atoms with Gasteiger partial charge in [-0.1, -0.05) is 0 Å². The Kier molecular flexibility index (Phi) is 4.33. The van der Waals surface area contributed by atoms with Crippen LogP contribution < -0.4 is 10.6 Å². The highest BCUT2D eigenvalue weighted by Crippen LogP contribution is 2.22. The van der Waals surface area contributed by atoms with Crippen LogP contribution in [-0.4, -0.2) is 35.9 Å². The van der Waals surface area contributed by atoms with E-state index in [2.05, 4.69) is 29.9 Å². The number of rotatable bonds is 2. The molecular weight excluding hydrogens is 354 g/mol. The van der Waals surface area contributed by atoms with Crippen molar-refractivity contribution in [3.05, 3.63) is 21.1 Å². The van der Waals surface area contributed by atoms with Crippen LogP contribution in [0.15, 0.2) is 0 Å². The first kappa shape index (κ1) is 14.9. The van der Waals surface area contributed by atoms with E-state index in [1.807, 2.05) is 0 Å². The van der Waals surface area contributed by atoms with Gasteiger partial charge in [-0.3, -0.25) is 0 Å². The molecule has 0 fully saturated rings. The molecule has 0 saturated heterocycles. The van der Waals surface area contributed by atoms with Gasteiger partial charge < -0.3 is 5.73 Å². The van der Waals surface area contributed by atoms with Gasteiger partial charge in [0.2, 0.25) is 33.0 Å². The minimum Gasteiger partial charge on any atom is -0.351 e. The van der Waals surface area contributed by atoms with Crippen molar-refractivity contribution < 1.29 is 4.79 Å². The molecule has 0 radical (unpaired) electrons. The molecular formula is C7H2Cl4N8O. The molecule has 0 unspecified atom stereocenters. The second-order valence-corrected chi connectivity index (χ2v) is 4.37. The molecule has 20 heavy (non-hydrogen) atoms. The Morgan fingerprint density at radius 3 is 1.30 bits per heavy atom. The number of hydrogen-bond donors (Lipinski definition) is 1. The van der Waals surface area contributed by atoms with E-state index in [9.17, 15) is 4.79 Å². The summed E-state index contributed by atoms with van der Waals surface area (Å²) in [7, 11) is 0. The maximum Gasteiger partial charge on any atom is 0.328 e. The summed E-state index contributed by atoms with van der Waals surface area (Å²) < 4.78 is 0. The summed E-state index contributed by atoms with van der Waals surface area (Å²) in [6.45, 7) is 0. The van der Waals surface area contributed by atoms with Crippen molar-refractivity contribution in [1.82, 2.24) is 29.9 Å². The Balaban J connectivity index is 2.59. The summed E-state index contributed by atoms with van der Waals surface area (Å²) in [6.07, 6.45) is 0. The normalized spacial score (nSPS) is 10.4. The van der Waals surface area contributed by atoms with Gasteiger partial charge in [-0.25, -0.2) is 4.79 Å². The fourth-order valence-corrected chi connectivity index (χ4v) is 1.83. The Labute approximate surface area is 131 Å². The van der Waals surface area contributed by atoms with Crippen molar-refractivity contribution in [1.29, 1.82) is 0 Å². The lowest BCUT2D eigenvalue weighted by atomic mass is 10.6. The SMILES string of the molecule is NC(=O)N(c1nc(Cl)nc(Cl)n1)c1nc(Cl)nc(Cl)n1. The number of nitrogens with zero attached hydrogens (tertiary/aromatic N) is 7. The number of urea groups is 1. The third-order valence-corrected chi connectivity index (χ3v) is 2.43. The van der Waals surface area contributed by atoms with Gasteiger partial charge in [0.15, 0.2) is 0 Å². The van der Waals surface area contributed by atoms with Crippen LogP contribution in [0.4, 0.5) is 16.7 Å². The Morgan fingerprint density at radius 1 is 0.750 bits per heavy atom. The molecule has 0 atom stereocenters. The molecule has 2 aromatic heterocycles. The van der Waals surface area contributed by atoms with Crippen LogP contribution in [-0.2, 0) is 0 Å². The number of anilines is 2. The smallest absolute Gasteiger partial charge is 0.328 e. The third kappa shape index (κ3) is 3.31. The van der Waals surface area contributed by atoms with Crippen molar-refractivity contribution in [2.24, 2.45) is 5.73 Å². The predicted octanol–water partition coefficient (Wildman–Crippen LogP) is 1.89. The molecule has 0 saturated carbocycles. The quantitative estimate of drug-likeness (QED) is 0.871. The van der Waals surface area contributed by atoms with E-state index in [1.165, 1.54) is 0 Å². The van der Waals surface area contributed by atoms with E-state index in [-0.39, 0.29) is 33.0 Å². The second kappa shape index (κ2) is 5.83. The predicted molar refractivity (Wildman–Crippen MR) is 71.4 cm³/mol. The fourth-order valence-electron chi connectivity index (χ4n) is 1.12. The van der Waals surface area contributed by atoms with E-state index >= 15 is 0 Å². The number of nitrogens with two attached hydrogens (primary N) is 1. The average molecular weight is 356 g/mol. The molecule has 0 bridgehead atoms. The zero-order chi connectivity index (χ0) is 14.9. The molecule has 2 rings (SSSR count). The highest BCUT2D eigenvalue weighted by Gasteiger charge is 2.23. The number of primary amides is 1. The van der Waals surface area contributed by atoms with Gasteiger partial charge in [0.05, 0.1) is 0 Å². The van der Waals surface area contributed by atoms with Crippen LogP contribution >= 0.6 is 46.4 Å². The summed E-state index contributed by atoms with van der Waals surface area (Å²) >= 11 is 22.5. The van der Waals surface area contributed by atoms with E-state index in [0.29, 0.717) is 4.90 Å². The van der Waals surface area contributed by atoms with Gasteiger partial charge in [0.25, 0.3) is 0 Å². The van der Waals surface area contributed by atoms with Crippen LogP contribution in [0.5, 0.6) is 0 Å². The van der Waals surface area contributed by atoms with Crippen LogP contribution in [0, 0.1) is 0 Å². The van der Waals surface area contributed by atoms with E-state index in [4.69, 9.17) is 52.1 Å². The average Bonchev–Trinajstić information content (AvgIpc) is 2.25. The summed E-state index contributed by atoms with van der Waals surface area (Å²) in [4.78, 5) is 34.0. The molecule has 2 amide bonds. The maximum atomic E-state index is 11.5. The topological polar surface area (TPSA) is 124 Å². The third-order valence-electron chi connectivity index (χ3n) is 1.76. The first-order valence-corrected chi connectivity index (χ1v) is 6.11. The van der Waals surface area contributed by atoms with Gasteiger partial charge in [0, 0.05) is 0 Å². The molecule has 2 aromatic rings. The number of carbonyl (C=O) groups is 1. The highest BCUT2D eigenvalue weighted by atomic mass is 35.5. The van der Waals surface area contributed by atoms with Crippen LogP contribution in [0.2, 0.25) is 21.1 Å². The van der Waals surface area contributed by atoms with Crippen LogP contribution in [0.25, 0.3) is 0 Å². The molecule has 2 N–H and O–H groups in total. The monoisotopic (exact) mass is 354 g/mol. The second-order valence-electron chi connectivity index (χ2n) is 3.02. The van der Waals surface area contributed by atoms with Crippen molar-refractivity contribution in [3.8, 4) is 0 Å². The summed E-state index contributed by atoms with van der Waals surface area (Å²) in [5.74, 6) is -0.582. The summed E-state index contributed by atoms with van der Waals surface area (Å²) in [5, 5.41) is -1.01. The number of carbonyl (C=O) groups excluding carboxylic acids is 1. The van der Waals surface area contributed by atoms with Crippen molar-refractivity contribution in [3.63, 3.8) is 0 Å². The number of halogens is 4. The zero-order valence-electron chi connectivity index (χ0n) is 9.13. The lowest BCUT2D eigenvalue weighted by molar-refractivity contribution is 0.255. The van der Waals surface area contributed by atoms with Crippen LogP contribution in [0.1, 0.15) is 0 Å². The van der Waals surface area contributed by atoms with Crippen LogP contribution in [0.3, 0.4) is 0 Å². The lowest BCUT2D eigenvalue weighted by Gasteiger charge is -2.15. The molecule has 2 heterocycles. The van der Waals surface area contributed by atoms with Gasteiger partial charge >= 0.3 is 6.03 Å². The van der Waals surface area contributed by atoms with E-state index in [1.54, 1.807) is 0 Å². The molecule has 0 aliphatic heterocycles. The summed E-state index contributed by atoms with van der Waals surface area (Å²) in [5.41, 5.74) is 5.21. The molecule has 0 aliphatic rings. The first-order valence-electron chi connectivity index (χ1n) is 4.60. The number of hydrogen-bond acceptors (Lipinski definition) is 7. The highest BCUT2D eigenvalue weighted by molar-refractivity contribution is 6.31.